The molecular weight excluding hydrogens is 219 g/mol. The van der Waals surface area contributed by atoms with Crippen molar-refractivity contribution in [3.63, 3.8) is 0 Å². The van der Waals surface area contributed by atoms with E-state index in [4.69, 9.17) is 0 Å². The molecule has 0 aromatic heterocycles. The van der Waals surface area contributed by atoms with Gasteiger partial charge in [-0.05, 0) is 45.5 Å². The van der Waals surface area contributed by atoms with Crippen LogP contribution < -0.4 is 5.32 Å². The van der Waals surface area contributed by atoms with Crippen LogP contribution in [0.15, 0.2) is 18.2 Å². The van der Waals surface area contributed by atoms with E-state index in [1.165, 1.54) is 6.07 Å². The SMILES string of the molecule is Cc1ccc(NC(=O)CN(C)C(C)C)c(F)c1. The first-order valence-electron chi connectivity index (χ1n) is 5.66. The Morgan fingerprint density at radius 2 is 2.12 bits per heavy atom. The second kappa shape index (κ2) is 5.77. The smallest absolute Gasteiger partial charge is 0.238 e. The summed E-state index contributed by atoms with van der Waals surface area (Å²) < 4.78 is 13.5. The Morgan fingerprint density at radius 3 is 2.65 bits per heavy atom. The first-order chi connectivity index (χ1) is 7.90. The molecule has 1 amide bonds. The maximum atomic E-state index is 13.5. The van der Waals surface area contributed by atoms with Crippen molar-refractivity contribution in [2.45, 2.75) is 26.8 Å². The van der Waals surface area contributed by atoms with Gasteiger partial charge < -0.3 is 5.32 Å². The van der Waals surface area contributed by atoms with Gasteiger partial charge >= 0.3 is 0 Å². The minimum atomic E-state index is -0.398. The van der Waals surface area contributed by atoms with Gasteiger partial charge in [0.25, 0.3) is 0 Å². The fourth-order valence-electron chi connectivity index (χ4n) is 1.32. The van der Waals surface area contributed by atoms with Crippen molar-refractivity contribution >= 4 is 11.6 Å². The van der Waals surface area contributed by atoms with Crippen LogP contribution in [0.5, 0.6) is 0 Å². The molecule has 0 radical (unpaired) electrons. The molecule has 0 atom stereocenters. The minimum Gasteiger partial charge on any atom is -0.322 e. The summed E-state index contributed by atoms with van der Waals surface area (Å²) in [5, 5.41) is 2.57. The fraction of sp³-hybridized carbons (Fsp3) is 0.462. The largest absolute Gasteiger partial charge is 0.322 e. The molecule has 0 saturated carbocycles. The van der Waals surface area contributed by atoms with Crippen LogP contribution in [-0.2, 0) is 4.79 Å². The molecule has 0 fully saturated rings. The zero-order chi connectivity index (χ0) is 13.0. The molecule has 1 aromatic rings. The lowest BCUT2D eigenvalue weighted by Crippen LogP contribution is -2.34. The van der Waals surface area contributed by atoms with Crippen LogP contribution in [0.1, 0.15) is 19.4 Å². The van der Waals surface area contributed by atoms with Crippen LogP contribution in [0, 0.1) is 12.7 Å². The number of halogens is 1. The van der Waals surface area contributed by atoms with Gasteiger partial charge in [0.1, 0.15) is 5.82 Å². The molecule has 1 N–H and O–H groups in total. The predicted molar refractivity (Wildman–Crippen MR) is 67.5 cm³/mol. The summed E-state index contributed by atoms with van der Waals surface area (Å²) in [6, 6.07) is 5.04. The van der Waals surface area contributed by atoms with E-state index in [1.54, 1.807) is 19.1 Å². The molecule has 0 aliphatic carbocycles. The van der Waals surface area contributed by atoms with Crippen LogP contribution in [0.4, 0.5) is 10.1 Å². The Balaban J connectivity index is 2.62. The molecule has 94 valence electrons. The lowest BCUT2D eigenvalue weighted by Gasteiger charge is -2.20. The fourth-order valence-corrected chi connectivity index (χ4v) is 1.32. The highest BCUT2D eigenvalue weighted by molar-refractivity contribution is 5.92. The monoisotopic (exact) mass is 238 g/mol. The van der Waals surface area contributed by atoms with Gasteiger partial charge in [0.15, 0.2) is 0 Å². The normalized spacial score (nSPS) is 11.0. The van der Waals surface area contributed by atoms with Gasteiger partial charge in [-0.25, -0.2) is 4.39 Å². The summed E-state index contributed by atoms with van der Waals surface area (Å²) in [6.45, 7) is 6.06. The van der Waals surface area contributed by atoms with Crippen molar-refractivity contribution in [2.75, 3.05) is 18.9 Å². The van der Waals surface area contributed by atoms with Crippen molar-refractivity contribution in [2.24, 2.45) is 0 Å². The van der Waals surface area contributed by atoms with Crippen LogP contribution in [0.25, 0.3) is 0 Å². The van der Waals surface area contributed by atoms with Gasteiger partial charge in [-0.1, -0.05) is 6.07 Å². The molecule has 0 bridgehead atoms. The number of hydrogen-bond acceptors (Lipinski definition) is 2. The molecule has 0 spiro atoms. The number of likely N-dealkylation sites (N-methyl/N-ethyl adjacent to an activating group) is 1. The molecule has 0 aliphatic heterocycles. The van der Waals surface area contributed by atoms with Crippen LogP contribution >= 0.6 is 0 Å². The third-order valence-corrected chi connectivity index (χ3v) is 2.67. The molecule has 0 heterocycles. The number of benzene rings is 1. The zero-order valence-electron chi connectivity index (χ0n) is 10.7. The van der Waals surface area contributed by atoms with Crippen LogP contribution in [0.3, 0.4) is 0 Å². The summed E-state index contributed by atoms with van der Waals surface area (Å²) in [4.78, 5) is 13.5. The lowest BCUT2D eigenvalue weighted by molar-refractivity contribution is -0.117. The van der Waals surface area contributed by atoms with E-state index in [2.05, 4.69) is 5.32 Å². The molecule has 3 nitrogen and oxygen atoms in total. The summed E-state index contributed by atoms with van der Waals surface area (Å²) in [7, 11) is 1.86. The molecule has 0 unspecified atom stereocenters. The number of aryl methyl sites for hydroxylation is 1. The first kappa shape index (κ1) is 13.6. The van der Waals surface area contributed by atoms with E-state index in [-0.39, 0.29) is 24.2 Å². The van der Waals surface area contributed by atoms with Crippen LogP contribution in [0.2, 0.25) is 0 Å². The van der Waals surface area contributed by atoms with Crippen LogP contribution in [-0.4, -0.2) is 30.4 Å². The number of nitrogens with one attached hydrogen (secondary N) is 1. The molecule has 1 rings (SSSR count). The number of nitrogens with zero attached hydrogens (tertiary/aromatic N) is 1. The molecular formula is C13H19FN2O. The van der Waals surface area contributed by atoms with Crippen molar-refractivity contribution < 1.29 is 9.18 Å². The van der Waals surface area contributed by atoms with Gasteiger partial charge in [-0.15, -0.1) is 0 Å². The number of rotatable bonds is 4. The second-order valence-corrected chi connectivity index (χ2v) is 4.54. The van der Waals surface area contributed by atoms with E-state index >= 15 is 0 Å². The highest BCUT2D eigenvalue weighted by atomic mass is 19.1. The standard InChI is InChI=1S/C13H19FN2O/c1-9(2)16(4)8-13(17)15-12-6-5-10(3)7-11(12)14/h5-7,9H,8H2,1-4H3,(H,15,17). The molecule has 0 saturated heterocycles. The van der Waals surface area contributed by atoms with Crippen molar-refractivity contribution in [1.29, 1.82) is 0 Å². The average molecular weight is 238 g/mol. The Morgan fingerprint density at radius 1 is 1.47 bits per heavy atom. The summed E-state index contributed by atoms with van der Waals surface area (Å²) in [5.41, 5.74) is 1.07. The van der Waals surface area contributed by atoms with E-state index < -0.39 is 5.82 Å². The Kier molecular flexibility index (Phi) is 4.63. The van der Waals surface area contributed by atoms with Crippen molar-refractivity contribution in [1.82, 2.24) is 4.90 Å². The van der Waals surface area contributed by atoms with Gasteiger partial charge in [-0.3, -0.25) is 9.69 Å². The highest BCUT2D eigenvalue weighted by Gasteiger charge is 2.11. The topological polar surface area (TPSA) is 32.3 Å². The number of anilines is 1. The maximum Gasteiger partial charge on any atom is 0.238 e. The Hall–Kier alpha value is -1.42. The second-order valence-electron chi connectivity index (χ2n) is 4.54. The van der Waals surface area contributed by atoms with Gasteiger partial charge in [-0.2, -0.15) is 0 Å². The summed E-state index contributed by atoms with van der Waals surface area (Å²) in [5.74, 6) is -0.602. The predicted octanol–water partition coefficient (Wildman–Crippen LogP) is 2.41. The van der Waals surface area contributed by atoms with E-state index in [1.807, 2.05) is 25.8 Å². The molecule has 4 heteroatoms. The maximum absolute atomic E-state index is 13.5. The molecule has 1 aromatic carbocycles. The van der Waals surface area contributed by atoms with Gasteiger partial charge in [0.05, 0.1) is 12.2 Å². The third kappa shape index (κ3) is 4.15. The average Bonchev–Trinajstić information content (AvgIpc) is 2.22. The minimum absolute atomic E-state index is 0.205. The van der Waals surface area contributed by atoms with Crippen molar-refractivity contribution in [3.8, 4) is 0 Å². The number of carbonyl (C=O) groups excluding carboxylic acids is 1. The van der Waals surface area contributed by atoms with Gasteiger partial charge in [0.2, 0.25) is 5.91 Å². The summed E-state index contributed by atoms with van der Waals surface area (Å²) >= 11 is 0. The quantitative estimate of drug-likeness (QED) is 0.873. The highest BCUT2D eigenvalue weighted by Crippen LogP contribution is 2.15. The number of hydrogen-bond donors (Lipinski definition) is 1. The van der Waals surface area contributed by atoms with E-state index in [9.17, 15) is 9.18 Å². The zero-order valence-corrected chi connectivity index (χ0v) is 10.7. The van der Waals surface area contributed by atoms with E-state index in [0.29, 0.717) is 0 Å². The number of carbonyl (C=O) groups is 1. The number of amides is 1. The third-order valence-electron chi connectivity index (χ3n) is 2.67. The van der Waals surface area contributed by atoms with Crippen molar-refractivity contribution in [3.05, 3.63) is 29.6 Å². The summed E-state index contributed by atoms with van der Waals surface area (Å²) in [6.07, 6.45) is 0. The van der Waals surface area contributed by atoms with E-state index in [0.717, 1.165) is 5.56 Å². The Labute approximate surface area is 102 Å². The Bertz CT molecular complexity index is 404. The van der Waals surface area contributed by atoms with Gasteiger partial charge in [0, 0.05) is 6.04 Å². The first-order valence-corrected chi connectivity index (χ1v) is 5.66. The molecule has 17 heavy (non-hydrogen) atoms. The lowest BCUT2D eigenvalue weighted by atomic mass is 10.2. The molecule has 0 aliphatic rings.